The molecule has 2 heterocycles. The van der Waals surface area contributed by atoms with E-state index in [1.807, 2.05) is 11.1 Å². The molecule has 4 rings (SSSR count). The van der Waals surface area contributed by atoms with Crippen LogP contribution in [0.2, 0.25) is 10.0 Å². The summed E-state index contributed by atoms with van der Waals surface area (Å²) in [5.41, 5.74) is 3.01. The lowest BCUT2D eigenvalue weighted by Gasteiger charge is -2.40. The van der Waals surface area contributed by atoms with E-state index in [1.165, 1.54) is 11.3 Å². The van der Waals surface area contributed by atoms with Gasteiger partial charge in [0.05, 0.1) is 21.8 Å². The zero-order chi connectivity index (χ0) is 16.0. The number of benzene rings is 1. The second-order valence-corrected chi connectivity index (χ2v) is 7.27. The average Bonchev–Trinajstić information content (AvgIpc) is 3.15. The predicted octanol–water partition coefficient (Wildman–Crippen LogP) is 3.84. The van der Waals surface area contributed by atoms with Gasteiger partial charge in [-0.2, -0.15) is 5.10 Å². The van der Waals surface area contributed by atoms with E-state index >= 15 is 0 Å². The van der Waals surface area contributed by atoms with Gasteiger partial charge in [0, 0.05) is 24.2 Å². The zero-order valence-electron chi connectivity index (χ0n) is 12.6. The Morgan fingerprint density at radius 1 is 1.30 bits per heavy atom. The number of halogens is 2. The minimum absolute atomic E-state index is 0.0186. The lowest BCUT2D eigenvalue weighted by molar-refractivity contribution is 0.0633. The van der Waals surface area contributed by atoms with Crippen molar-refractivity contribution in [2.75, 3.05) is 13.1 Å². The van der Waals surface area contributed by atoms with Crippen LogP contribution in [0.3, 0.4) is 0 Å². The third-order valence-corrected chi connectivity index (χ3v) is 5.99. The molecule has 0 saturated carbocycles. The number of aryl methyl sites for hydroxylation is 1. The number of carbonyl (C=O) groups excluding carboxylic acids is 1. The van der Waals surface area contributed by atoms with Gasteiger partial charge in [-0.1, -0.05) is 29.3 Å². The van der Waals surface area contributed by atoms with E-state index in [2.05, 4.69) is 10.2 Å². The van der Waals surface area contributed by atoms with Crippen LogP contribution >= 0.6 is 23.2 Å². The third-order valence-electron chi connectivity index (χ3n) is 5.17. The van der Waals surface area contributed by atoms with Crippen LogP contribution < -0.4 is 0 Å². The molecule has 0 bridgehead atoms. The summed E-state index contributed by atoms with van der Waals surface area (Å²) < 4.78 is 0. The number of carbonyl (C=O) groups is 1. The Balaban J connectivity index is 1.63. The third kappa shape index (κ3) is 2.36. The molecule has 2 aliphatic rings. The second kappa shape index (κ2) is 5.53. The van der Waals surface area contributed by atoms with Gasteiger partial charge in [-0.15, -0.1) is 0 Å². The molecule has 23 heavy (non-hydrogen) atoms. The van der Waals surface area contributed by atoms with Crippen molar-refractivity contribution in [1.29, 1.82) is 0 Å². The normalized spacial score (nSPS) is 23.3. The molecule has 1 aromatic heterocycles. The molecule has 2 aromatic rings. The minimum atomic E-state index is -0.0375. The number of likely N-dealkylation sites (tertiary alicyclic amines) is 1. The summed E-state index contributed by atoms with van der Waals surface area (Å²) in [6.07, 6.45) is 6.10. The van der Waals surface area contributed by atoms with Gasteiger partial charge in [-0.25, -0.2) is 0 Å². The molecule has 120 valence electrons. The van der Waals surface area contributed by atoms with Crippen LogP contribution in [0, 0.1) is 0 Å². The van der Waals surface area contributed by atoms with Gasteiger partial charge in [-0.3, -0.25) is 9.89 Å². The molecule has 4 nitrogen and oxygen atoms in total. The lowest BCUT2D eigenvalue weighted by atomic mass is 9.77. The standard InChI is InChI=1S/C17H17Cl2N3O/c18-13-4-1-3-12(14(13)19)16(23)22-8-2-6-17(10-22)7-5-11-9-20-21-15(11)17/h1,3-4,9H,2,5-8,10H2,(H,20,21). The Morgan fingerprint density at radius 3 is 3.04 bits per heavy atom. The number of aromatic nitrogens is 2. The first-order chi connectivity index (χ1) is 11.1. The smallest absolute Gasteiger partial charge is 0.255 e. The van der Waals surface area contributed by atoms with Crippen LogP contribution in [0.4, 0.5) is 0 Å². The quantitative estimate of drug-likeness (QED) is 0.850. The number of amides is 1. The molecule has 1 aliphatic carbocycles. The summed E-state index contributed by atoms with van der Waals surface area (Å²) in [6, 6.07) is 5.21. The van der Waals surface area contributed by atoms with Crippen molar-refractivity contribution in [3.05, 3.63) is 51.3 Å². The highest BCUT2D eigenvalue weighted by atomic mass is 35.5. The van der Waals surface area contributed by atoms with Crippen molar-refractivity contribution >= 4 is 29.1 Å². The van der Waals surface area contributed by atoms with Crippen molar-refractivity contribution in [2.24, 2.45) is 0 Å². The van der Waals surface area contributed by atoms with Gasteiger partial charge in [0.15, 0.2) is 0 Å². The van der Waals surface area contributed by atoms with Gasteiger partial charge >= 0.3 is 0 Å². The van der Waals surface area contributed by atoms with E-state index in [-0.39, 0.29) is 11.3 Å². The summed E-state index contributed by atoms with van der Waals surface area (Å²) in [6.45, 7) is 1.47. The van der Waals surface area contributed by atoms with Crippen LogP contribution in [0.25, 0.3) is 0 Å². The number of nitrogens with zero attached hydrogens (tertiary/aromatic N) is 2. The van der Waals surface area contributed by atoms with Crippen molar-refractivity contribution < 1.29 is 4.79 Å². The molecule has 1 fully saturated rings. The molecule has 1 amide bonds. The maximum absolute atomic E-state index is 12.9. The van der Waals surface area contributed by atoms with E-state index in [9.17, 15) is 4.79 Å². The molecule has 1 unspecified atom stereocenters. The lowest BCUT2D eigenvalue weighted by Crippen LogP contribution is -2.47. The summed E-state index contributed by atoms with van der Waals surface area (Å²) in [5.74, 6) is -0.0375. The van der Waals surface area contributed by atoms with E-state index < -0.39 is 0 Å². The SMILES string of the molecule is O=C(c1cccc(Cl)c1Cl)N1CCCC2(CCc3cn[nH]c32)C1. The maximum atomic E-state index is 12.9. The molecule has 1 aliphatic heterocycles. The van der Waals surface area contributed by atoms with Crippen molar-refractivity contribution in [3.8, 4) is 0 Å². The van der Waals surface area contributed by atoms with Crippen molar-refractivity contribution in [3.63, 3.8) is 0 Å². The highest BCUT2D eigenvalue weighted by molar-refractivity contribution is 6.43. The number of H-pyrrole nitrogens is 1. The van der Waals surface area contributed by atoms with Gasteiger partial charge in [0.25, 0.3) is 5.91 Å². The average molecular weight is 350 g/mol. The molecule has 1 atom stereocenters. The molecule has 1 aromatic carbocycles. The van der Waals surface area contributed by atoms with Crippen molar-refractivity contribution in [1.82, 2.24) is 15.1 Å². The number of aromatic amines is 1. The van der Waals surface area contributed by atoms with E-state index in [4.69, 9.17) is 23.2 Å². The van der Waals surface area contributed by atoms with Gasteiger partial charge in [0.2, 0.25) is 0 Å². The topological polar surface area (TPSA) is 49.0 Å². The largest absolute Gasteiger partial charge is 0.338 e. The van der Waals surface area contributed by atoms with Crippen LogP contribution in [-0.4, -0.2) is 34.1 Å². The number of hydrogen-bond acceptors (Lipinski definition) is 2. The number of nitrogens with one attached hydrogen (secondary N) is 1. The van der Waals surface area contributed by atoms with Crippen molar-refractivity contribution in [2.45, 2.75) is 31.1 Å². The fraction of sp³-hybridized carbons (Fsp3) is 0.412. The summed E-state index contributed by atoms with van der Waals surface area (Å²) in [5, 5.41) is 8.10. The molecule has 1 N–H and O–H groups in total. The Morgan fingerprint density at radius 2 is 2.17 bits per heavy atom. The second-order valence-electron chi connectivity index (χ2n) is 6.48. The summed E-state index contributed by atoms with van der Waals surface area (Å²) in [7, 11) is 0. The Bertz CT molecular complexity index is 773. The monoisotopic (exact) mass is 349 g/mol. The molecular formula is C17H17Cl2N3O. The molecular weight excluding hydrogens is 333 g/mol. The summed E-state index contributed by atoms with van der Waals surface area (Å²) >= 11 is 12.3. The first kappa shape index (κ1) is 15.0. The van der Waals surface area contributed by atoms with Crippen LogP contribution in [0.1, 0.15) is 40.9 Å². The molecule has 0 radical (unpaired) electrons. The number of hydrogen-bond donors (Lipinski definition) is 1. The first-order valence-electron chi connectivity index (χ1n) is 7.87. The Hall–Kier alpha value is -1.52. The van der Waals surface area contributed by atoms with Crippen LogP contribution in [0.15, 0.2) is 24.4 Å². The van der Waals surface area contributed by atoms with Crippen LogP contribution in [0.5, 0.6) is 0 Å². The van der Waals surface area contributed by atoms with E-state index in [0.717, 1.165) is 32.2 Å². The first-order valence-corrected chi connectivity index (χ1v) is 8.62. The molecule has 1 spiro atoms. The van der Waals surface area contributed by atoms with E-state index in [0.29, 0.717) is 22.2 Å². The maximum Gasteiger partial charge on any atom is 0.255 e. The zero-order valence-corrected chi connectivity index (χ0v) is 14.1. The molecule has 1 saturated heterocycles. The van der Waals surface area contributed by atoms with Gasteiger partial charge in [0.1, 0.15) is 0 Å². The fourth-order valence-electron chi connectivity index (χ4n) is 4.01. The number of piperidine rings is 1. The minimum Gasteiger partial charge on any atom is -0.338 e. The predicted molar refractivity (Wildman–Crippen MR) is 90.2 cm³/mol. The Kier molecular flexibility index (Phi) is 3.62. The fourth-order valence-corrected chi connectivity index (χ4v) is 4.39. The van der Waals surface area contributed by atoms with Gasteiger partial charge < -0.3 is 4.90 Å². The Labute approximate surface area is 144 Å². The highest BCUT2D eigenvalue weighted by Crippen LogP contribution is 2.44. The number of fused-ring (bicyclic) bond motifs is 2. The summed E-state index contributed by atoms with van der Waals surface area (Å²) in [4.78, 5) is 14.8. The number of rotatable bonds is 1. The van der Waals surface area contributed by atoms with Gasteiger partial charge in [-0.05, 0) is 43.4 Å². The van der Waals surface area contributed by atoms with Crippen LogP contribution in [-0.2, 0) is 11.8 Å². The molecule has 6 heteroatoms. The highest BCUT2D eigenvalue weighted by Gasteiger charge is 2.44. The van der Waals surface area contributed by atoms with E-state index in [1.54, 1.807) is 18.2 Å².